The number of aliphatic imine (C=N–C) groups is 1. The van der Waals surface area contributed by atoms with Crippen LogP contribution in [0.1, 0.15) is 24.5 Å². The van der Waals surface area contributed by atoms with E-state index in [0.29, 0.717) is 6.21 Å². The van der Waals surface area contributed by atoms with Crippen LogP contribution >= 0.6 is 0 Å². The second-order valence-electron chi connectivity index (χ2n) is 5.63. The van der Waals surface area contributed by atoms with E-state index in [4.69, 9.17) is 0 Å². The van der Waals surface area contributed by atoms with Gasteiger partial charge < -0.3 is 9.84 Å². The highest BCUT2D eigenvalue weighted by atomic mass is 19.2. The van der Waals surface area contributed by atoms with Crippen LogP contribution in [-0.4, -0.2) is 41.0 Å². The third-order valence-corrected chi connectivity index (χ3v) is 3.76. The minimum Gasteiger partial charge on any atom is -0.506 e. The van der Waals surface area contributed by atoms with Crippen molar-refractivity contribution in [3.8, 4) is 0 Å². The molecule has 0 saturated heterocycles. The smallest absolute Gasteiger partial charge is 0.343 e. The minimum absolute atomic E-state index is 0.0617. The number of benzene rings is 1. The van der Waals surface area contributed by atoms with Gasteiger partial charge in [-0.05, 0) is 13.8 Å². The highest BCUT2D eigenvalue weighted by Gasteiger charge is 2.38. The quantitative estimate of drug-likeness (QED) is 0.117. The van der Waals surface area contributed by atoms with E-state index >= 15 is 0 Å². The lowest BCUT2D eigenvalue weighted by Gasteiger charge is -2.11. The van der Waals surface area contributed by atoms with E-state index in [2.05, 4.69) is 9.73 Å². The molecule has 0 bridgehead atoms. The molecule has 2 rings (SSSR count). The standard InChI is InChI=1S/C16H14F4N2O5/c1-3-27-16(24)7(5-21-9-4-8(9)17)15(23)10-11(18)6(2)12(19)13(20)14(10)22(25)26/h5,8-9,23H,3-4H2,1-2H3/b15-7-,21-5?/t8-,9+/m0/s1. The van der Waals surface area contributed by atoms with Crippen molar-refractivity contribution in [2.24, 2.45) is 4.99 Å². The number of esters is 1. The average Bonchev–Trinajstić information content (AvgIpc) is 3.31. The van der Waals surface area contributed by atoms with Gasteiger partial charge in [0.2, 0.25) is 5.82 Å². The zero-order chi connectivity index (χ0) is 20.5. The number of alkyl halides is 1. The van der Waals surface area contributed by atoms with Crippen molar-refractivity contribution in [3.63, 3.8) is 0 Å². The number of carbonyl (C=O) groups is 1. The predicted octanol–water partition coefficient (Wildman–Crippen LogP) is 3.33. The molecule has 146 valence electrons. The molecule has 0 aliphatic heterocycles. The summed E-state index contributed by atoms with van der Waals surface area (Å²) in [4.78, 5) is 25.3. The molecule has 0 heterocycles. The molecule has 1 saturated carbocycles. The fraction of sp³-hybridized carbons (Fsp3) is 0.375. The molecule has 2 atom stereocenters. The summed E-state index contributed by atoms with van der Waals surface area (Å²) in [6, 6.07) is -0.797. The number of aliphatic hydroxyl groups excluding tert-OH is 1. The van der Waals surface area contributed by atoms with Crippen LogP contribution in [0.4, 0.5) is 23.2 Å². The van der Waals surface area contributed by atoms with Crippen molar-refractivity contribution >= 4 is 23.6 Å². The van der Waals surface area contributed by atoms with Crippen LogP contribution in [0.5, 0.6) is 0 Å². The molecule has 0 aromatic heterocycles. The second-order valence-corrected chi connectivity index (χ2v) is 5.63. The first kappa shape index (κ1) is 20.3. The van der Waals surface area contributed by atoms with Crippen LogP contribution in [0.3, 0.4) is 0 Å². The largest absolute Gasteiger partial charge is 0.506 e. The molecule has 0 spiro atoms. The van der Waals surface area contributed by atoms with E-state index in [1.54, 1.807) is 0 Å². The summed E-state index contributed by atoms with van der Waals surface area (Å²) >= 11 is 0. The Morgan fingerprint density at radius 1 is 1.37 bits per heavy atom. The molecular formula is C16H14F4N2O5. The number of aliphatic hydroxyl groups is 1. The maximum atomic E-state index is 14.4. The van der Waals surface area contributed by atoms with Gasteiger partial charge in [0.25, 0.3) is 0 Å². The Hall–Kier alpha value is -2.98. The van der Waals surface area contributed by atoms with Crippen LogP contribution in [0.2, 0.25) is 0 Å². The van der Waals surface area contributed by atoms with Gasteiger partial charge in [-0.1, -0.05) is 0 Å². The number of halogens is 4. The van der Waals surface area contributed by atoms with Crippen LogP contribution in [0.15, 0.2) is 10.6 Å². The van der Waals surface area contributed by atoms with Gasteiger partial charge in [0, 0.05) is 18.2 Å². The van der Waals surface area contributed by atoms with Gasteiger partial charge in [-0.3, -0.25) is 15.1 Å². The third-order valence-electron chi connectivity index (χ3n) is 3.76. The van der Waals surface area contributed by atoms with Crippen molar-refractivity contribution in [2.45, 2.75) is 32.5 Å². The van der Waals surface area contributed by atoms with Gasteiger partial charge >= 0.3 is 11.7 Å². The maximum absolute atomic E-state index is 14.4. The summed E-state index contributed by atoms with van der Waals surface area (Å²) in [5.41, 5.74) is -4.83. The molecule has 0 unspecified atom stereocenters. The molecule has 0 radical (unpaired) electrons. The van der Waals surface area contributed by atoms with E-state index in [0.717, 1.165) is 6.92 Å². The summed E-state index contributed by atoms with van der Waals surface area (Å²) < 4.78 is 59.7. The number of nitro benzene ring substituents is 1. The number of hydrogen-bond donors (Lipinski definition) is 1. The molecule has 1 N–H and O–H groups in total. The SMILES string of the molecule is CCOC(=O)/C(C=N[C@@H]1C[C@@H]1F)=C(\O)c1c(F)c(C)c(F)c(F)c1[N+](=O)[O-]. The Balaban J connectivity index is 2.75. The molecule has 11 heteroatoms. The zero-order valence-electron chi connectivity index (χ0n) is 14.1. The molecule has 1 aromatic carbocycles. The molecule has 7 nitrogen and oxygen atoms in total. The Morgan fingerprint density at radius 3 is 2.44 bits per heavy atom. The molecule has 1 aliphatic rings. The summed E-state index contributed by atoms with van der Waals surface area (Å²) in [5.74, 6) is -8.08. The van der Waals surface area contributed by atoms with Crippen molar-refractivity contribution in [3.05, 3.63) is 44.3 Å². The number of hydrogen-bond acceptors (Lipinski definition) is 6. The predicted molar refractivity (Wildman–Crippen MR) is 85.7 cm³/mol. The molecule has 27 heavy (non-hydrogen) atoms. The van der Waals surface area contributed by atoms with E-state index < -0.39 is 68.7 Å². The third kappa shape index (κ3) is 3.91. The van der Waals surface area contributed by atoms with Crippen LogP contribution in [-0.2, 0) is 9.53 Å². The van der Waals surface area contributed by atoms with Crippen LogP contribution in [0.25, 0.3) is 5.76 Å². The number of carbonyl (C=O) groups excluding carboxylic acids is 1. The summed E-state index contributed by atoms with van der Waals surface area (Å²) in [6.07, 6.45) is -0.535. The lowest BCUT2D eigenvalue weighted by atomic mass is 10.0. The fourth-order valence-corrected chi connectivity index (χ4v) is 2.18. The number of nitro groups is 1. The Bertz CT molecular complexity index is 869. The minimum atomic E-state index is -2.01. The normalized spacial score (nSPS) is 19.8. The molecule has 1 fully saturated rings. The van der Waals surface area contributed by atoms with E-state index in [-0.39, 0.29) is 13.0 Å². The fourth-order valence-electron chi connectivity index (χ4n) is 2.18. The Morgan fingerprint density at radius 2 is 1.96 bits per heavy atom. The molecule has 1 aliphatic carbocycles. The second kappa shape index (κ2) is 7.72. The monoisotopic (exact) mass is 390 g/mol. The van der Waals surface area contributed by atoms with E-state index in [1.807, 2.05) is 0 Å². The van der Waals surface area contributed by atoms with Gasteiger partial charge in [-0.2, -0.15) is 4.39 Å². The number of rotatable bonds is 6. The van der Waals surface area contributed by atoms with Crippen LogP contribution < -0.4 is 0 Å². The van der Waals surface area contributed by atoms with E-state index in [9.17, 15) is 37.6 Å². The summed E-state index contributed by atoms with van der Waals surface area (Å²) in [6.45, 7) is 2.03. The first-order valence-electron chi connectivity index (χ1n) is 7.71. The lowest BCUT2D eigenvalue weighted by molar-refractivity contribution is -0.388. The molecule has 0 amide bonds. The van der Waals surface area contributed by atoms with Gasteiger partial charge in [0.05, 0.1) is 17.6 Å². The number of ether oxygens (including phenoxy) is 1. The first-order chi connectivity index (χ1) is 12.6. The van der Waals surface area contributed by atoms with Gasteiger partial charge in [-0.15, -0.1) is 0 Å². The van der Waals surface area contributed by atoms with Crippen molar-refractivity contribution in [1.82, 2.24) is 0 Å². The van der Waals surface area contributed by atoms with Crippen molar-refractivity contribution < 1.29 is 37.1 Å². The van der Waals surface area contributed by atoms with Gasteiger partial charge in [0.15, 0.2) is 5.82 Å². The first-order valence-corrected chi connectivity index (χ1v) is 7.71. The molecular weight excluding hydrogens is 376 g/mol. The highest BCUT2D eigenvalue weighted by Crippen LogP contribution is 2.36. The number of nitrogens with zero attached hydrogens (tertiary/aromatic N) is 2. The Labute approximate surface area is 150 Å². The van der Waals surface area contributed by atoms with Gasteiger partial charge in [0.1, 0.15) is 28.9 Å². The van der Waals surface area contributed by atoms with Crippen molar-refractivity contribution in [1.29, 1.82) is 0 Å². The highest BCUT2D eigenvalue weighted by molar-refractivity contribution is 6.15. The molecule has 1 aromatic rings. The van der Waals surface area contributed by atoms with Gasteiger partial charge in [-0.25, -0.2) is 18.0 Å². The van der Waals surface area contributed by atoms with Crippen molar-refractivity contribution in [2.75, 3.05) is 6.61 Å². The summed E-state index contributed by atoms with van der Waals surface area (Å²) in [5, 5.41) is 21.4. The lowest BCUT2D eigenvalue weighted by Crippen LogP contribution is -2.14. The zero-order valence-corrected chi connectivity index (χ0v) is 14.1. The van der Waals surface area contributed by atoms with E-state index in [1.165, 1.54) is 6.92 Å². The average molecular weight is 390 g/mol. The summed E-state index contributed by atoms with van der Waals surface area (Å²) in [7, 11) is 0. The topological polar surface area (TPSA) is 102 Å². The Kier molecular flexibility index (Phi) is 5.82. The maximum Gasteiger partial charge on any atom is 0.343 e. The van der Waals surface area contributed by atoms with Crippen LogP contribution in [0, 0.1) is 34.5 Å².